The standard InChI is InChI=1S/C27H19FN2O/c28-22-16-18-24(19-17-22)30-26(21-12-6-2-7-13-21)25(20-10-4-1-5-11-20)29(27(30)31)23-14-8-3-9-15-23/h1-19H. The van der Waals surface area contributed by atoms with Gasteiger partial charge in [0, 0.05) is 11.1 Å². The number of aromatic nitrogens is 2. The van der Waals surface area contributed by atoms with Crippen LogP contribution in [0.3, 0.4) is 0 Å². The van der Waals surface area contributed by atoms with Gasteiger partial charge < -0.3 is 0 Å². The van der Waals surface area contributed by atoms with Gasteiger partial charge in [-0.3, -0.25) is 9.13 Å². The highest BCUT2D eigenvalue weighted by Crippen LogP contribution is 2.35. The Labute approximate surface area is 179 Å². The van der Waals surface area contributed by atoms with E-state index in [1.54, 1.807) is 21.3 Å². The topological polar surface area (TPSA) is 26.9 Å². The molecule has 0 N–H and O–H groups in total. The van der Waals surface area contributed by atoms with Crippen LogP contribution in [0.2, 0.25) is 0 Å². The maximum atomic E-state index is 13.9. The summed E-state index contributed by atoms with van der Waals surface area (Å²) in [6, 6.07) is 35.2. The molecule has 1 heterocycles. The van der Waals surface area contributed by atoms with E-state index in [-0.39, 0.29) is 11.5 Å². The number of halogens is 1. The average Bonchev–Trinajstić information content (AvgIpc) is 3.14. The van der Waals surface area contributed by atoms with Crippen molar-refractivity contribution in [3.63, 3.8) is 0 Å². The van der Waals surface area contributed by atoms with E-state index in [1.807, 2.05) is 91.0 Å². The molecule has 0 amide bonds. The second-order valence-electron chi connectivity index (χ2n) is 7.19. The second-order valence-corrected chi connectivity index (χ2v) is 7.19. The lowest BCUT2D eigenvalue weighted by Crippen LogP contribution is -2.22. The first-order chi connectivity index (χ1) is 15.2. The first kappa shape index (κ1) is 18.8. The van der Waals surface area contributed by atoms with Crippen LogP contribution in [0.15, 0.2) is 120 Å². The first-order valence-corrected chi connectivity index (χ1v) is 10.0. The zero-order valence-corrected chi connectivity index (χ0v) is 16.7. The third kappa shape index (κ3) is 3.38. The van der Waals surface area contributed by atoms with Gasteiger partial charge in [0.05, 0.1) is 22.8 Å². The maximum Gasteiger partial charge on any atom is 0.338 e. The van der Waals surface area contributed by atoms with Gasteiger partial charge in [-0.25, -0.2) is 9.18 Å². The van der Waals surface area contributed by atoms with Crippen molar-refractivity contribution in [1.82, 2.24) is 9.13 Å². The van der Waals surface area contributed by atoms with Crippen molar-refractivity contribution in [2.24, 2.45) is 0 Å². The van der Waals surface area contributed by atoms with Crippen LogP contribution in [0.5, 0.6) is 0 Å². The molecule has 1 aromatic heterocycles. The Bertz CT molecular complexity index is 1370. The second kappa shape index (κ2) is 7.92. The molecule has 0 saturated heterocycles. The molecule has 150 valence electrons. The molecular formula is C27H19FN2O. The summed E-state index contributed by atoms with van der Waals surface area (Å²) in [5.74, 6) is -0.344. The zero-order valence-electron chi connectivity index (χ0n) is 16.7. The number of hydrogen-bond donors (Lipinski definition) is 0. The van der Waals surface area contributed by atoms with Crippen LogP contribution in [0, 0.1) is 5.82 Å². The average molecular weight is 406 g/mol. The molecule has 0 fully saturated rings. The van der Waals surface area contributed by atoms with Crippen LogP contribution < -0.4 is 5.69 Å². The van der Waals surface area contributed by atoms with E-state index in [0.717, 1.165) is 28.2 Å². The van der Waals surface area contributed by atoms with Crippen LogP contribution in [0.4, 0.5) is 4.39 Å². The third-order valence-corrected chi connectivity index (χ3v) is 5.25. The van der Waals surface area contributed by atoms with E-state index in [0.29, 0.717) is 5.69 Å². The van der Waals surface area contributed by atoms with Gasteiger partial charge in [0.25, 0.3) is 0 Å². The number of benzene rings is 4. The normalized spacial score (nSPS) is 10.9. The molecule has 0 saturated carbocycles. The van der Waals surface area contributed by atoms with Crippen molar-refractivity contribution < 1.29 is 4.39 Å². The van der Waals surface area contributed by atoms with Gasteiger partial charge in [0.15, 0.2) is 0 Å². The van der Waals surface area contributed by atoms with E-state index in [2.05, 4.69) is 0 Å². The minimum Gasteiger partial charge on any atom is -0.260 e. The summed E-state index contributed by atoms with van der Waals surface area (Å²) in [4.78, 5) is 13.9. The van der Waals surface area contributed by atoms with E-state index in [1.165, 1.54) is 12.1 Å². The largest absolute Gasteiger partial charge is 0.338 e. The van der Waals surface area contributed by atoms with Gasteiger partial charge in [-0.05, 0) is 36.4 Å². The molecule has 5 rings (SSSR count). The van der Waals surface area contributed by atoms with Gasteiger partial charge >= 0.3 is 5.69 Å². The Morgan fingerprint density at radius 1 is 0.484 bits per heavy atom. The Kier molecular flexibility index (Phi) is 4.81. The quantitative estimate of drug-likeness (QED) is 0.354. The molecule has 0 aliphatic heterocycles. The summed E-state index contributed by atoms with van der Waals surface area (Å²) < 4.78 is 17.0. The molecule has 0 spiro atoms. The minimum absolute atomic E-state index is 0.212. The smallest absolute Gasteiger partial charge is 0.260 e. The van der Waals surface area contributed by atoms with E-state index < -0.39 is 0 Å². The first-order valence-electron chi connectivity index (χ1n) is 10.0. The highest BCUT2D eigenvalue weighted by Gasteiger charge is 2.24. The molecule has 4 aromatic carbocycles. The highest BCUT2D eigenvalue weighted by molar-refractivity contribution is 5.81. The molecule has 0 radical (unpaired) electrons. The number of rotatable bonds is 4. The Hall–Kier alpha value is -4.18. The molecule has 3 nitrogen and oxygen atoms in total. The molecule has 0 aliphatic rings. The molecule has 0 aliphatic carbocycles. The fraction of sp³-hybridized carbons (Fsp3) is 0. The molecule has 0 bridgehead atoms. The van der Waals surface area contributed by atoms with Gasteiger partial charge in [0.2, 0.25) is 0 Å². The fourth-order valence-electron chi connectivity index (χ4n) is 3.87. The van der Waals surface area contributed by atoms with Crippen molar-refractivity contribution in [1.29, 1.82) is 0 Å². The Morgan fingerprint density at radius 3 is 1.32 bits per heavy atom. The number of nitrogens with zero attached hydrogens (tertiary/aromatic N) is 2. The highest BCUT2D eigenvalue weighted by atomic mass is 19.1. The SMILES string of the molecule is O=c1n(-c2ccccc2)c(-c2ccccc2)c(-c2ccccc2)n1-c1ccc(F)cc1. The number of hydrogen-bond acceptors (Lipinski definition) is 1. The summed E-state index contributed by atoms with van der Waals surface area (Å²) in [5, 5.41) is 0. The monoisotopic (exact) mass is 406 g/mol. The Balaban J connectivity index is 1.95. The van der Waals surface area contributed by atoms with Crippen LogP contribution in [-0.4, -0.2) is 9.13 Å². The lowest BCUT2D eigenvalue weighted by molar-refractivity contribution is 0.627. The molecule has 31 heavy (non-hydrogen) atoms. The Morgan fingerprint density at radius 2 is 0.871 bits per heavy atom. The molecule has 5 aromatic rings. The lowest BCUT2D eigenvalue weighted by atomic mass is 10.0. The van der Waals surface area contributed by atoms with Gasteiger partial charge in [-0.15, -0.1) is 0 Å². The number of imidazole rings is 1. The summed E-state index contributed by atoms with van der Waals surface area (Å²) in [6.45, 7) is 0. The van der Waals surface area contributed by atoms with Crippen molar-refractivity contribution in [2.75, 3.05) is 0 Å². The number of para-hydroxylation sites is 1. The zero-order chi connectivity index (χ0) is 21.2. The summed E-state index contributed by atoms with van der Waals surface area (Å²) in [7, 11) is 0. The molecule has 0 atom stereocenters. The van der Waals surface area contributed by atoms with Gasteiger partial charge in [-0.2, -0.15) is 0 Å². The van der Waals surface area contributed by atoms with E-state index in [9.17, 15) is 9.18 Å². The van der Waals surface area contributed by atoms with Crippen molar-refractivity contribution in [3.8, 4) is 33.9 Å². The van der Waals surface area contributed by atoms with Crippen molar-refractivity contribution in [2.45, 2.75) is 0 Å². The molecule has 4 heteroatoms. The molecule has 0 unspecified atom stereocenters. The van der Waals surface area contributed by atoms with Crippen LogP contribution in [-0.2, 0) is 0 Å². The van der Waals surface area contributed by atoms with Crippen molar-refractivity contribution in [3.05, 3.63) is 132 Å². The minimum atomic E-state index is -0.344. The van der Waals surface area contributed by atoms with Gasteiger partial charge in [-0.1, -0.05) is 78.9 Å². The van der Waals surface area contributed by atoms with E-state index in [4.69, 9.17) is 0 Å². The van der Waals surface area contributed by atoms with Crippen LogP contribution in [0.25, 0.3) is 33.9 Å². The maximum absolute atomic E-state index is 13.9. The van der Waals surface area contributed by atoms with Crippen molar-refractivity contribution >= 4 is 0 Å². The molecular weight excluding hydrogens is 387 g/mol. The lowest BCUT2D eigenvalue weighted by Gasteiger charge is -2.12. The predicted octanol–water partition coefficient (Wildman–Crippen LogP) is 6.10. The van der Waals surface area contributed by atoms with Crippen LogP contribution >= 0.6 is 0 Å². The summed E-state index contributed by atoms with van der Waals surface area (Å²) >= 11 is 0. The summed E-state index contributed by atoms with van der Waals surface area (Å²) in [6.07, 6.45) is 0. The third-order valence-electron chi connectivity index (χ3n) is 5.25. The van der Waals surface area contributed by atoms with E-state index >= 15 is 0 Å². The summed E-state index contributed by atoms with van der Waals surface area (Å²) in [5.41, 5.74) is 4.53. The predicted molar refractivity (Wildman–Crippen MR) is 122 cm³/mol. The van der Waals surface area contributed by atoms with Crippen LogP contribution in [0.1, 0.15) is 0 Å². The fourth-order valence-corrected chi connectivity index (χ4v) is 3.87. The van der Waals surface area contributed by atoms with Gasteiger partial charge in [0.1, 0.15) is 5.82 Å².